The first-order valence-electron chi connectivity index (χ1n) is 8.19. The summed E-state index contributed by atoms with van der Waals surface area (Å²) in [6.07, 6.45) is 0. The van der Waals surface area contributed by atoms with Crippen molar-refractivity contribution in [2.75, 3.05) is 42.3 Å². The van der Waals surface area contributed by atoms with Gasteiger partial charge < -0.3 is 13.7 Å². The molecular formula is C20H29N3Si. The lowest BCUT2D eigenvalue weighted by molar-refractivity contribution is 0.397. The van der Waals surface area contributed by atoms with E-state index < -0.39 is 8.56 Å². The Balaban J connectivity index is 2.42. The van der Waals surface area contributed by atoms with Crippen LogP contribution < -0.4 is 5.19 Å². The van der Waals surface area contributed by atoms with Gasteiger partial charge in [0.2, 0.25) is 0 Å². The van der Waals surface area contributed by atoms with Crippen LogP contribution in [0.3, 0.4) is 0 Å². The zero-order valence-corrected chi connectivity index (χ0v) is 16.7. The molecule has 0 aliphatic rings. The van der Waals surface area contributed by atoms with Gasteiger partial charge in [0, 0.05) is 0 Å². The molecule has 0 bridgehead atoms. The molecule has 0 aliphatic heterocycles. The van der Waals surface area contributed by atoms with Gasteiger partial charge in [-0.15, -0.1) is 0 Å². The van der Waals surface area contributed by atoms with Crippen LogP contribution in [0.2, 0.25) is 0 Å². The van der Waals surface area contributed by atoms with Gasteiger partial charge in [0.05, 0.1) is 0 Å². The Morgan fingerprint density at radius 1 is 0.667 bits per heavy atom. The molecule has 0 saturated heterocycles. The number of benzene rings is 2. The van der Waals surface area contributed by atoms with E-state index in [1.165, 1.54) is 16.3 Å². The van der Waals surface area contributed by atoms with Crippen molar-refractivity contribution in [3.8, 4) is 0 Å². The van der Waals surface area contributed by atoms with Crippen molar-refractivity contribution in [2.24, 2.45) is 0 Å². The molecule has 2 aromatic carbocycles. The van der Waals surface area contributed by atoms with E-state index in [9.17, 15) is 0 Å². The summed E-state index contributed by atoms with van der Waals surface area (Å²) in [6, 6.07) is 19.3. The highest BCUT2D eigenvalue weighted by Gasteiger charge is 2.44. The minimum Gasteiger partial charge on any atom is -0.301 e. The van der Waals surface area contributed by atoms with Crippen LogP contribution in [0.5, 0.6) is 0 Å². The van der Waals surface area contributed by atoms with Crippen LogP contribution in [0.1, 0.15) is 11.1 Å². The average Bonchev–Trinajstić information content (AvgIpc) is 2.55. The van der Waals surface area contributed by atoms with Gasteiger partial charge in [-0.3, -0.25) is 0 Å². The first kappa shape index (κ1) is 18.6. The summed E-state index contributed by atoms with van der Waals surface area (Å²) in [5.41, 5.74) is 3.40. The quantitative estimate of drug-likeness (QED) is 0.749. The van der Waals surface area contributed by atoms with E-state index in [4.69, 9.17) is 0 Å². The van der Waals surface area contributed by atoms with Crippen molar-refractivity contribution in [1.82, 2.24) is 13.7 Å². The lowest BCUT2D eigenvalue weighted by atomic mass is 10.00. The zero-order valence-electron chi connectivity index (χ0n) is 15.7. The highest BCUT2D eigenvalue weighted by molar-refractivity contribution is 6.84. The second-order valence-electron chi connectivity index (χ2n) is 6.74. The van der Waals surface area contributed by atoms with Crippen molar-refractivity contribution in [3.05, 3.63) is 72.3 Å². The first-order valence-corrected chi connectivity index (χ1v) is 10.0. The highest BCUT2D eigenvalue weighted by atomic mass is 28.4. The fraction of sp³-hybridized carbons (Fsp3) is 0.300. The van der Waals surface area contributed by atoms with Gasteiger partial charge in [-0.1, -0.05) is 61.2 Å². The number of nitrogens with zero attached hydrogens (tertiary/aromatic N) is 3. The maximum atomic E-state index is 4.27. The van der Waals surface area contributed by atoms with E-state index in [1.54, 1.807) is 0 Å². The van der Waals surface area contributed by atoms with Gasteiger partial charge in [0.1, 0.15) is 0 Å². The molecule has 0 atom stereocenters. The van der Waals surface area contributed by atoms with Crippen LogP contribution in [0, 0.1) is 0 Å². The van der Waals surface area contributed by atoms with Crippen molar-refractivity contribution in [3.63, 3.8) is 0 Å². The average molecular weight is 340 g/mol. The predicted octanol–water partition coefficient (Wildman–Crippen LogP) is 2.58. The SMILES string of the molecule is C=C(c1ccccc1)c1ccc([Si](N(C)C)(N(C)C)N(C)C)cc1. The van der Waals surface area contributed by atoms with Crippen molar-refractivity contribution in [2.45, 2.75) is 0 Å². The molecule has 0 N–H and O–H groups in total. The molecule has 0 radical (unpaired) electrons. The summed E-state index contributed by atoms with van der Waals surface area (Å²) in [7, 11) is 10.9. The van der Waals surface area contributed by atoms with Crippen LogP contribution >= 0.6 is 0 Å². The van der Waals surface area contributed by atoms with Crippen molar-refractivity contribution < 1.29 is 0 Å². The Morgan fingerprint density at radius 2 is 1.08 bits per heavy atom. The molecule has 0 aliphatic carbocycles. The van der Waals surface area contributed by atoms with Gasteiger partial charge in [-0.2, -0.15) is 0 Å². The molecule has 0 heterocycles. The predicted molar refractivity (Wildman–Crippen MR) is 107 cm³/mol. The molecule has 3 nitrogen and oxygen atoms in total. The van der Waals surface area contributed by atoms with E-state index in [-0.39, 0.29) is 0 Å². The lowest BCUT2D eigenvalue weighted by Crippen LogP contribution is -2.76. The topological polar surface area (TPSA) is 9.72 Å². The first-order chi connectivity index (χ1) is 11.3. The van der Waals surface area contributed by atoms with E-state index in [0.29, 0.717) is 0 Å². The fourth-order valence-electron chi connectivity index (χ4n) is 3.68. The van der Waals surface area contributed by atoms with E-state index >= 15 is 0 Å². The third-order valence-corrected chi connectivity index (χ3v) is 9.46. The zero-order chi connectivity index (χ0) is 17.9. The summed E-state index contributed by atoms with van der Waals surface area (Å²) in [6.45, 7) is 4.27. The number of rotatable bonds is 6. The normalized spacial score (nSPS) is 12.2. The van der Waals surface area contributed by atoms with Crippen LogP contribution in [-0.2, 0) is 0 Å². The second kappa shape index (κ2) is 7.45. The molecule has 0 fully saturated rings. The lowest BCUT2D eigenvalue weighted by Gasteiger charge is -2.46. The van der Waals surface area contributed by atoms with Gasteiger partial charge >= 0.3 is 8.56 Å². The van der Waals surface area contributed by atoms with Crippen LogP contribution in [0.4, 0.5) is 0 Å². The molecule has 2 aromatic rings. The maximum absolute atomic E-state index is 4.27. The maximum Gasteiger partial charge on any atom is 0.322 e. The van der Waals surface area contributed by atoms with E-state index in [1.807, 2.05) is 6.07 Å². The second-order valence-corrected chi connectivity index (χ2v) is 11.3. The molecule has 0 aromatic heterocycles. The third-order valence-electron chi connectivity index (χ3n) is 4.61. The smallest absolute Gasteiger partial charge is 0.301 e. The number of hydrogen-bond donors (Lipinski definition) is 0. The standard InChI is InChI=1S/C20H29N3Si/c1-17(18-11-9-8-10-12-18)19-13-15-20(16-14-19)24(21(2)3,22(4)5)23(6)7/h8-16H,1H2,2-7H3. The summed E-state index contributed by atoms with van der Waals surface area (Å²) in [4.78, 5) is 0. The molecule has 128 valence electrons. The van der Waals surface area contributed by atoms with Crippen molar-refractivity contribution >= 4 is 19.3 Å². The molecule has 0 spiro atoms. The van der Waals surface area contributed by atoms with Crippen LogP contribution in [0.25, 0.3) is 5.57 Å². The molecule has 4 heteroatoms. The summed E-state index contributed by atoms with van der Waals surface area (Å²) >= 11 is 0. The third kappa shape index (κ3) is 3.23. The van der Waals surface area contributed by atoms with Gasteiger partial charge in [-0.25, -0.2) is 0 Å². The Kier molecular flexibility index (Phi) is 5.77. The fourth-order valence-corrected chi connectivity index (χ4v) is 8.24. The Hall–Kier alpha value is -1.72. The van der Waals surface area contributed by atoms with Crippen LogP contribution in [-0.4, -0.2) is 64.5 Å². The van der Waals surface area contributed by atoms with Crippen molar-refractivity contribution in [1.29, 1.82) is 0 Å². The van der Waals surface area contributed by atoms with E-state index in [0.717, 1.165) is 5.57 Å². The molecule has 0 unspecified atom stereocenters. The molecule has 0 saturated carbocycles. The van der Waals surface area contributed by atoms with E-state index in [2.05, 4.69) is 111 Å². The number of hydrogen-bond acceptors (Lipinski definition) is 3. The summed E-state index contributed by atoms with van der Waals surface area (Å²) in [5.74, 6) is 0. The minimum atomic E-state index is -2.07. The molecule has 24 heavy (non-hydrogen) atoms. The van der Waals surface area contributed by atoms with Crippen LogP contribution in [0.15, 0.2) is 61.2 Å². The monoisotopic (exact) mass is 339 g/mol. The Bertz CT molecular complexity index is 654. The van der Waals surface area contributed by atoms with Gasteiger partial charge in [-0.05, 0) is 64.2 Å². The highest BCUT2D eigenvalue weighted by Crippen LogP contribution is 2.21. The largest absolute Gasteiger partial charge is 0.322 e. The Morgan fingerprint density at radius 3 is 1.50 bits per heavy atom. The molecular weight excluding hydrogens is 310 g/mol. The minimum absolute atomic E-state index is 1.06. The molecule has 0 amide bonds. The summed E-state index contributed by atoms with van der Waals surface area (Å²) < 4.78 is 7.11. The van der Waals surface area contributed by atoms with Gasteiger partial charge in [0.25, 0.3) is 0 Å². The summed E-state index contributed by atoms with van der Waals surface area (Å²) in [5, 5.41) is 1.37. The van der Waals surface area contributed by atoms with Gasteiger partial charge in [0.15, 0.2) is 0 Å². The molecule has 2 rings (SSSR count). The Labute approximate surface area is 148 Å².